The molecule has 0 unspecified atom stereocenters. The van der Waals surface area contributed by atoms with Crippen LogP contribution in [0.2, 0.25) is 0 Å². The van der Waals surface area contributed by atoms with E-state index in [-0.39, 0.29) is 12.7 Å². The van der Waals surface area contributed by atoms with E-state index in [9.17, 15) is 5.11 Å². The third-order valence-corrected chi connectivity index (χ3v) is 7.85. The number of morpholine rings is 1. The summed E-state index contributed by atoms with van der Waals surface area (Å²) in [6.07, 6.45) is 9.43. The Bertz CT molecular complexity index is 813. The van der Waals surface area contributed by atoms with Crippen molar-refractivity contribution in [1.82, 2.24) is 14.9 Å². The minimum absolute atomic E-state index is 0.239. The first-order valence-corrected chi connectivity index (χ1v) is 11.5. The molecule has 1 N–H and O–H groups in total. The molecule has 1 saturated carbocycles. The molecule has 0 amide bonds. The van der Waals surface area contributed by atoms with Crippen LogP contribution in [-0.2, 0) is 17.6 Å². The van der Waals surface area contributed by atoms with Gasteiger partial charge in [-0.05, 0) is 56.4 Å². The van der Waals surface area contributed by atoms with Crippen LogP contribution >= 0.6 is 11.3 Å². The normalized spacial score (nSPS) is 29.0. The maximum atomic E-state index is 9.62. The van der Waals surface area contributed by atoms with E-state index < -0.39 is 0 Å². The molecule has 1 atom stereocenters. The first kappa shape index (κ1) is 18.7. The molecule has 2 aliphatic carbocycles. The van der Waals surface area contributed by atoms with Crippen molar-refractivity contribution < 1.29 is 14.6 Å². The fraction of sp³-hybridized carbons (Fsp3) is 0.714. The van der Waals surface area contributed by atoms with Crippen LogP contribution in [-0.4, -0.2) is 65.0 Å². The summed E-state index contributed by atoms with van der Waals surface area (Å²) in [6.45, 7) is 4.12. The zero-order valence-corrected chi connectivity index (χ0v) is 17.1. The third kappa shape index (κ3) is 3.65. The molecule has 3 aliphatic rings. The molecule has 2 fully saturated rings. The van der Waals surface area contributed by atoms with Crippen LogP contribution in [0.5, 0.6) is 5.88 Å². The fourth-order valence-corrected chi connectivity index (χ4v) is 6.20. The Morgan fingerprint density at radius 1 is 1.14 bits per heavy atom. The number of aromatic nitrogens is 2. The van der Waals surface area contributed by atoms with E-state index in [0.717, 1.165) is 74.5 Å². The molecule has 7 heteroatoms. The Morgan fingerprint density at radius 2 is 1.96 bits per heavy atom. The van der Waals surface area contributed by atoms with Gasteiger partial charge in [0.2, 0.25) is 5.88 Å². The summed E-state index contributed by atoms with van der Waals surface area (Å²) >= 11 is 1.78. The van der Waals surface area contributed by atoms with Gasteiger partial charge in [-0.2, -0.15) is 0 Å². The average molecular weight is 404 g/mol. The lowest BCUT2D eigenvalue weighted by molar-refractivity contribution is -0.00126. The van der Waals surface area contributed by atoms with Crippen molar-refractivity contribution in [2.75, 3.05) is 32.9 Å². The highest BCUT2D eigenvalue weighted by Gasteiger charge is 2.30. The Kier molecular flexibility index (Phi) is 5.50. The van der Waals surface area contributed by atoms with Gasteiger partial charge < -0.3 is 14.6 Å². The second-order valence-electron chi connectivity index (χ2n) is 8.35. The number of aryl methyl sites for hydroxylation is 1. The largest absolute Gasteiger partial charge is 0.474 e. The minimum Gasteiger partial charge on any atom is -0.474 e. The highest BCUT2D eigenvalue weighted by molar-refractivity contribution is 7.18. The van der Waals surface area contributed by atoms with Crippen molar-refractivity contribution in [3.05, 3.63) is 16.8 Å². The first-order valence-electron chi connectivity index (χ1n) is 10.7. The van der Waals surface area contributed by atoms with E-state index in [1.54, 1.807) is 17.7 Å². The molecule has 0 spiro atoms. The van der Waals surface area contributed by atoms with Crippen molar-refractivity contribution in [2.24, 2.45) is 5.92 Å². The lowest BCUT2D eigenvalue weighted by Crippen LogP contribution is -2.46. The van der Waals surface area contributed by atoms with Gasteiger partial charge in [-0.15, -0.1) is 11.3 Å². The molecule has 6 nitrogen and oxygen atoms in total. The maximum Gasteiger partial charge on any atom is 0.225 e. The summed E-state index contributed by atoms with van der Waals surface area (Å²) in [5.74, 6) is 1.11. The maximum absolute atomic E-state index is 9.62. The van der Waals surface area contributed by atoms with Crippen LogP contribution < -0.4 is 4.74 Å². The fourth-order valence-electron chi connectivity index (χ4n) is 5.03. The van der Waals surface area contributed by atoms with E-state index in [4.69, 9.17) is 9.47 Å². The van der Waals surface area contributed by atoms with Crippen LogP contribution in [0.1, 0.15) is 42.5 Å². The number of thiophene rings is 1. The standard InChI is InChI=1S/C21H29N3O3S/c25-12-14-1-6-18-17(11-14)19-20(22-13-23-21(19)28-18)27-16-4-2-15(3-5-16)24-7-9-26-10-8-24/h13-16,25H,1-12H2/t14-,15-,16-/m0/s1. The van der Waals surface area contributed by atoms with Gasteiger partial charge in [-0.1, -0.05) is 0 Å². The molecule has 2 aromatic heterocycles. The molecule has 0 aromatic carbocycles. The lowest BCUT2D eigenvalue weighted by Gasteiger charge is -2.38. The summed E-state index contributed by atoms with van der Waals surface area (Å²) in [5, 5.41) is 10.7. The molecule has 0 radical (unpaired) electrons. The summed E-state index contributed by atoms with van der Waals surface area (Å²) in [4.78, 5) is 14.1. The van der Waals surface area contributed by atoms with Gasteiger partial charge in [0, 0.05) is 30.6 Å². The SMILES string of the molecule is OC[C@H]1CCc2sc3ncnc(O[C@H]4CC[C@H](N5CCOCC5)CC4)c3c2C1. The molecule has 5 rings (SSSR count). The van der Waals surface area contributed by atoms with Crippen molar-refractivity contribution >= 4 is 21.6 Å². The van der Waals surface area contributed by atoms with Crippen LogP contribution in [0.4, 0.5) is 0 Å². The van der Waals surface area contributed by atoms with E-state index in [1.807, 2.05) is 0 Å². The Labute approximate surface area is 169 Å². The predicted molar refractivity (Wildman–Crippen MR) is 109 cm³/mol. The predicted octanol–water partition coefficient (Wildman–Crippen LogP) is 2.81. The van der Waals surface area contributed by atoms with Crippen molar-refractivity contribution in [1.29, 1.82) is 0 Å². The first-order chi connectivity index (χ1) is 13.8. The zero-order valence-electron chi connectivity index (χ0n) is 16.3. The number of hydrogen-bond donors (Lipinski definition) is 1. The third-order valence-electron chi connectivity index (χ3n) is 6.65. The van der Waals surface area contributed by atoms with Gasteiger partial charge in [0.15, 0.2) is 0 Å². The molecular weight excluding hydrogens is 374 g/mol. The molecular formula is C21H29N3O3S. The smallest absolute Gasteiger partial charge is 0.225 e. The molecule has 28 heavy (non-hydrogen) atoms. The van der Waals surface area contributed by atoms with Gasteiger partial charge in [0.1, 0.15) is 17.3 Å². The Hall–Kier alpha value is -1.28. The van der Waals surface area contributed by atoms with Crippen LogP contribution in [0.25, 0.3) is 10.2 Å². The molecule has 2 aromatic rings. The quantitative estimate of drug-likeness (QED) is 0.847. The topological polar surface area (TPSA) is 67.7 Å². The molecule has 0 bridgehead atoms. The van der Waals surface area contributed by atoms with Crippen LogP contribution in [0.15, 0.2) is 6.33 Å². The van der Waals surface area contributed by atoms with Crippen LogP contribution in [0, 0.1) is 5.92 Å². The second-order valence-corrected chi connectivity index (χ2v) is 9.43. The summed E-state index contributed by atoms with van der Waals surface area (Å²) < 4.78 is 11.9. The highest BCUT2D eigenvalue weighted by Crippen LogP contribution is 2.41. The zero-order chi connectivity index (χ0) is 18.9. The number of fused-ring (bicyclic) bond motifs is 3. The van der Waals surface area contributed by atoms with Gasteiger partial charge >= 0.3 is 0 Å². The van der Waals surface area contributed by atoms with Gasteiger partial charge in [0.25, 0.3) is 0 Å². The van der Waals surface area contributed by atoms with Gasteiger partial charge in [-0.3, -0.25) is 4.90 Å². The average Bonchev–Trinajstić information content (AvgIpc) is 3.13. The van der Waals surface area contributed by atoms with Gasteiger partial charge in [-0.25, -0.2) is 9.97 Å². The number of hydrogen-bond acceptors (Lipinski definition) is 7. The number of aliphatic hydroxyl groups is 1. The molecule has 152 valence electrons. The lowest BCUT2D eigenvalue weighted by atomic mass is 9.88. The van der Waals surface area contributed by atoms with Crippen molar-refractivity contribution in [3.63, 3.8) is 0 Å². The molecule has 1 saturated heterocycles. The van der Waals surface area contributed by atoms with E-state index in [1.165, 1.54) is 23.3 Å². The second kappa shape index (κ2) is 8.22. The van der Waals surface area contributed by atoms with Crippen molar-refractivity contribution in [2.45, 2.75) is 57.1 Å². The van der Waals surface area contributed by atoms with Gasteiger partial charge in [0.05, 0.1) is 18.6 Å². The number of nitrogens with zero attached hydrogens (tertiary/aromatic N) is 3. The van der Waals surface area contributed by atoms with E-state index in [2.05, 4.69) is 14.9 Å². The van der Waals surface area contributed by atoms with E-state index >= 15 is 0 Å². The monoisotopic (exact) mass is 403 g/mol. The van der Waals surface area contributed by atoms with E-state index in [0.29, 0.717) is 12.0 Å². The number of ether oxygens (including phenoxy) is 2. The Balaban J connectivity index is 1.30. The molecule has 1 aliphatic heterocycles. The summed E-state index contributed by atoms with van der Waals surface area (Å²) in [6, 6.07) is 0.674. The van der Waals surface area contributed by atoms with Crippen molar-refractivity contribution in [3.8, 4) is 5.88 Å². The van der Waals surface area contributed by atoms with Crippen LogP contribution in [0.3, 0.4) is 0 Å². The number of rotatable bonds is 4. The molecule has 3 heterocycles. The summed E-state index contributed by atoms with van der Waals surface area (Å²) in [7, 11) is 0. The summed E-state index contributed by atoms with van der Waals surface area (Å²) in [5.41, 5.74) is 1.32. The number of aliphatic hydroxyl groups excluding tert-OH is 1. The minimum atomic E-state index is 0.239. The Morgan fingerprint density at radius 3 is 2.75 bits per heavy atom. The highest BCUT2D eigenvalue weighted by atomic mass is 32.1.